The Bertz CT molecular complexity index is 790. The molecule has 0 unspecified atom stereocenters. The summed E-state index contributed by atoms with van der Waals surface area (Å²) in [5.41, 5.74) is 3.04. The summed E-state index contributed by atoms with van der Waals surface area (Å²) in [6, 6.07) is 12.6. The highest BCUT2D eigenvalue weighted by molar-refractivity contribution is 9.10. The minimum Gasteiger partial charge on any atom is -0.313 e. The van der Waals surface area contributed by atoms with Gasteiger partial charge in [-0.1, -0.05) is 18.2 Å². The van der Waals surface area contributed by atoms with Gasteiger partial charge in [0.25, 0.3) is 10.0 Å². The fraction of sp³-hybridized carbons (Fsp3) is 0.250. The van der Waals surface area contributed by atoms with E-state index in [4.69, 9.17) is 0 Å². The van der Waals surface area contributed by atoms with Gasteiger partial charge in [0.2, 0.25) is 0 Å². The van der Waals surface area contributed by atoms with Crippen LogP contribution < -0.4 is 10.0 Å². The second-order valence-corrected chi connectivity index (χ2v) is 7.80. The number of anilines is 1. The summed E-state index contributed by atoms with van der Waals surface area (Å²) in [6.07, 6.45) is 2.13. The number of rotatable bonds is 3. The van der Waals surface area contributed by atoms with E-state index >= 15 is 0 Å². The molecule has 2 N–H and O–H groups in total. The Balaban J connectivity index is 1.90. The Hall–Kier alpha value is -1.37. The summed E-state index contributed by atoms with van der Waals surface area (Å²) in [5.74, 6) is 0. The molecule has 0 aliphatic carbocycles. The van der Waals surface area contributed by atoms with Crippen LogP contribution >= 0.6 is 15.9 Å². The molecule has 2 aromatic rings. The molecule has 22 heavy (non-hydrogen) atoms. The number of hydrogen-bond donors (Lipinski definition) is 2. The Labute approximate surface area is 139 Å². The van der Waals surface area contributed by atoms with Gasteiger partial charge >= 0.3 is 0 Å². The number of hydrogen-bond acceptors (Lipinski definition) is 3. The largest absolute Gasteiger partial charge is 0.313 e. The van der Waals surface area contributed by atoms with Crippen molar-refractivity contribution in [3.05, 3.63) is 58.1 Å². The van der Waals surface area contributed by atoms with E-state index in [2.05, 4.69) is 26.0 Å². The van der Waals surface area contributed by atoms with Gasteiger partial charge in [0.15, 0.2) is 0 Å². The molecule has 6 heteroatoms. The van der Waals surface area contributed by atoms with Crippen molar-refractivity contribution in [1.29, 1.82) is 0 Å². The lowest BCUT2D eigenvalue weighted by atomic mass is 10.0. The smallest absolute Gasteiger partial charge is 0.263 e. The average molecular weight is 381 g/mol. The molecule has 116 valence electrons. The van der Waals surface area contributed by atoms with E-state index in [0.29, 0.717) is 10.2 Å². The Morgan fingerprint density at radius 2 is 1.91 bits per heavy atom. The highest BCUT2D eigenvalue weighted by Gasteiger charge is 2.18. The van der Waals surface area contributed by atoms with E-state index in [1.165, 1.54) is 5.56 Å². The molecule has 2 aromatic carbocycles. The lowest BCUT2D eigenvalue weighted by Gasteiger charge is -2.12. The maximum atomic E-state index is 12.5. The molecule has 1 aliphatic heterocycles. The van der Waals surface area contributed by atoms with E-state index in [1.807, 2.05) is 18.2 Å². The predicted octanol–water partition coefficient (Wildman–Crippen LogP) is 3.29. The van der Waals surface area contributed by atoms with Gasteiger partial charge in [-0.3, -0.25) is 4.72 Å². The first-order chi connectivity index (χ1) is 10.6. The number of benzene rings is 2. The first-order valence-corrected chi connectivity index (χ1v) is 9.44. The van der Waals surface area contributed by atoms with Gasteiger partial charge in [-0.2, -0.15) is 0 Å². The van der Waals surface area contributed by atoms with Gasteiger partial charge in [-0.05, 0) is 70.7 Å². The van der Waals surface area contributed by atoms with Crippen LogP contribution in [0.5, 0.6) is 0 Å². The van der Waals surface area contributed by atoms with Gasteiger partial charge in [0, 0.05) is 16.7 Å². The molecule has 1 aliphatic rings. The second-order valence-electron chi connectivity index (χ2n) is 5.30. The maximum Gasteiger partial charge on any atom is 0.263 e. The minimum atomic E-state index is -3.60. The second kappa shape index (κ2) is 6.40. The normalized spacial score (nSPS) is 15.0. The van der Waals surface area contributed by atoms with E-state index in [1.54, 1.807) is 24.3 Å². The van der Waals surface area contributed by atoms with Crippen LogP contribution in [-0.4, -0.2) is 15.0 Å². The van der Waals surface area contributed by atoms with Crippen LogP contribution in [0.4, 0.5) is 5.69 Å². The van der Waals surface area contributed by atoms with Gasteiger partial charge < -0.3 is 5.32 Å². The van der Waals surface area contributed by atoms with Crippen molar-refractivity contribution in [1.82, 2.24) is 5.32 Å². The lowest BCUT2D eigenvalue weighted by molar-refractivity contribution is 0.600. The third kappa shape index (κ3) is 3.34. The first kappa shape index (κ1) is 15.5. The Kier molecular flexibility index (Phi) is 4.52. The predicted molar refractivity (Wildman–Crippen MR) is 91.4 cm³/mol. The zero-order valence-electron chi connectivity index (χ0n) is 12.0. The molecule has 0 spiro atoms. The molecule has 0 saturated carbocycles. The van der Waals surface area contributed by atoms with Crippen molar-refractivity contribution in [3.8, 4) is 0 Å². The highest BCUT2D eigenvalue weighted by Crippen LogP contribution is 2.25. The molecule has 0 fully saturated rings. The summed E-state index contributed by atoms with van der Waals surface area (Å²) in [5, 5.41) is 3.35. The monoisotopic (exact) mass is 380 g/mol. The maximum absolute atomic E-state index is 12.5. The van der Waals surface area contributed by atoms with Crippen molar-refractivity contribution < 1.29 is 8.42 Å². The molecule has 0 amide bonds. The molecular formula is C16H17BrN2O2S. The Morgan fingerprint density at radius 1 is 1.09 bits per heavy atom. The quantitative estimate of drug-likeness (QED) is 0.858. The molecule has 1 heterocycles. The molecule has 0 atom stereocenters. The molecule has 0 bridgehead atoms. The van der Waals surface area contributed by atoms with Gasteiger partial charge in [-0.25, -0.2) is 8.42 Å². The summed E-state index contributed by atoms with van der Waals surface area (Å²) in [6.45, 7) is 1.77. The number of aryl methyl sites for hydroxylation is 1. The number of nitrogens with one attached hydrogen (secondary N) is 2. The van der Waals surface area contributed by atoms with Crippen molar-refractivity contribution in [2.45, 2.75) is 24.3 Å². The lowest BCUT2D eigenvalue weighted by Crippen LogP contribution is -2.15. The third-order valence-electron chi connectivity index (χ3n) is 3.70. The van der Waals surface area contributed by atoms with E-state index < -0.39 is 10.0 Å². The number of fused-ring (bicyclic) bond motifs is 1. The summed E-state index contributed by atoms with van der Waals surface area (Å²) in [4.78, 5) is 0.239. The molecule has 4 nitrogen and oxygen atoms in total. The minimum absolute atomic E-state index is 0.239. The standard InChI is InChI=1S/C16H17BrN2O2S/c17-15-5-1-2-6-16(15)22(20,21)19-14-8-7-12-4-3-9-18-11-13(12)10-14/h1-2,5-8,10,18-19H,3-4,9,11H2. The summed E-state index contributed by atoms with van der Waals surface area (Å²) in [7, 11) is -3.60. The highest BCUT2D eigenvalue weighted by atomic mass is 79.9. The summed E-state index contributed by atoms with van der Waals surface area (Å²) >= 11 is 3.29. The van der Waals surface area contributed by atoms with Crippen LogP contribution in [0.25, 0.3) is 0 Å². The number of sulfonamides is 1. The van der Waals surface area contributed by atoms with Gasteiger partial charge in [0.05, 0.1) is 0 Å². The van der Waals surface area contributed by atoms with Crippen LogP contribution in [0.3, 0.4) is 0 Å². The van der Waals surface area contributed by atoms with E-state index in [9.17, 15) is 8.42 Å². The Morgan fingerprint density at radius 3 is 2.73 bits per heavy atom. The van der Waals surface area contributed by atoms with Crippen LogP contribution in [0, 0.1) is 0 Å². The topological polar surface area (TPSA) is 58.2 Å². The molecule has 0 radical (unpaired) electrons. The third-order valence-corrected chi connectivity index (χ3v) is 6.09. The van der Waals surface area contributed by atoms with Crippen molar-refractivity contribution >= 4 is 31.6 Å². The van der Waals surface area contributed by atoms with Crippen LogP contribution in [0.1, 0.15) is 17.5 Å². The van der Waals surface area contributed by atoms with E-state index in [0.717, 1.165) is 31.5 Å². The fourth-order valence-electron chi connectivity index (χ4n) is 2.60. The molecule has 3 rings (SSSR count). The fourth-order valence-corrected chi connectivity index (χ4v) is 4.65. The molecule has 0 aromatic heterocycles. The average Bonchev–Trinajstić information content (AvgIpc) is 2.72. The van der Waals surface area contributed by atoms with Crippen molar-refractivity contribution in [2.24, 2.45) is 0 Å². The van der Waals surface area contributed by atoms with Crippen LogP contribution in [0.2, 0.25) is 0 Å². The zero-order valence-corrected chi connectivity index (χ0v) is 14.4. The molecule has 0 saturated heterocycles. The number of halogens is 1. The first-order valence-electron chi connectivity index (χ1n) is 7.16. The molecular weight excluding hydrogens is 364 g/mol. The van der Waals surface area contributed by atoms with Gasteiger partial charge in [-0.15, -0.1) is 0 Å². The van der Waals surface area contributed by atoms with Crippen molar-refractivity contribution in [3.63, 3.8) is 0 Å². The van der Waals surface area contributed by atoms with E-state index in [-0.39, 0.29) is 4.90 Å². The summed E-state index contributed by atoms with van der Waals surface area (Å²) < 4.78 is 28.2. The van der Waals surface area contributed by atoms with Crippen LogP contribution in [-0.2, 0) is 23.0 Å². The van der Waals surface area contributed by atoms with Gasteiger partial charge in [0.1, 0.15) is 4.90 Å². The zero-order chi connectivity index (χ0) is 15.6. The SMILES string of the molecule is O=S(=O)(Nc1ccc2c(c1)CNCCC2)c1ccccc1Br. The van der Waals surface area contributed by atoms with Crippen LogP contribution in [0.15, 0.2) is 51.8 Å². The van der Waals surface area contributed by atoms with Crippen molar-refractivity contribution in [2.75, 3.05) is 11.3 Å².